The van der Waals surface area contributed by atoms with Crippen molar-refractivity contribution in [1.82, 2.24) is 0 Å². The van der Waals surface area contributed by atoms with E-state index >= 15 is 0 Å². The molecule has 1 saturated carbocycles. The molecule has 116 valence electrons. The molecule has 2 rings (SSSR count). The van der Waals surface area contributed by atoms with Crippen molar-refractivity contribution in [2.24, 2.45) is 5.41 Å². The van der Waals surface area contributed by atoms with E-state index < -0.39 is 5.97 Å². The normalized spacial score (nSPS) is 18.4. The zero-order valence-electron chi connectivity index (χ0n) is 12.8. The molecular formula is C17H24O4. The number of benzene rings is 1. The van der Waals surface area contributed by atoms with Gasteiger partial charge in [-0.3, -0.25) is 0 Å². The van der Waals surface area contributed by atoms with Crippen LogP contribution in [-0.2, 0) is 4.74 Å². The van der Waals surface area contributed by atoms with Gasteiger partial charge in [0.25, 0.3) is 0 Å². The molecule has 1 aromatic carbocycles. The van der Waals surface area contributed by atoms with Crippen molar-refractivity contribution in [1.29, 1.82) is 0 Å². The Balaban J connectivity index is 1.65. The minimum Gasteiger partial charge on any atom is -0.491 e. The van der Waals surface area contributed by atoms with Gasteiger partial charge in [-0.2, -0.15) is 0 Å². The van der Waals surface area contributed by atoms with Crippen LogP contribution in [0.1, 0.15) is 49.9 Å². The van der Waals surface area contributed by atoms with Crippen LogP contribution < -0.4 is 4.74 Å². The van der Waals surface area contributed by atoms with Gasteiger partial charge in [0.1, 0.15) is 12.4 Å². The Bertz CT molecular complexity index is 454. The largest absolute Gasteiger partial charge is 0.491 e. The van der Waals surface area contributed by atoms with E-state index in [0.29, 0.717) is 30.5 Å². The highest BCUT2D eigenvalue weighted by Crippen LogP contribution is 2.36. The van der Waals surface area contributed by atoms with Crippen LogP contribution in [0.15, 0.2) is 24.3 Å². The molecule has 4 heteroatoms. The molecule has 0 amide bonds. The third-order valence-corrected chi connectivity index (χ3v) is 4.09. The SMILES string of the molecule is CC1(C)CCC(OCCOc2ccc(C(=O)O)cc2)CC1. The van der Waals surface area contributed by atoms with Crippen LogP contribution in [0.2, 0.25) is 0 Å². The van der Waals surface area contributed by atoms with Crippen molar-refractivity contribution in [2.45, 2.75) is 45.6 Å². The van der Waals surface area contributed by atoms with Crippen LogP contribution in [0.3, 0.4) is 0 Å². The van der Waals surface area contributed by atoms with Crippen molar-refractivity contribution >= 4 is 5.97 Å². The highest BCUT2D eigenvalue weighted by molar-refractivity contribution is 5.87. The molecule has 1 aromatic rings. The molecule has 4 nitrogen and oxygen atoms in total. The monoisotopic (exact) mass is 292 g/mol. The van der Waals surface area contributed by atoms with Crippen LogP contribution in [0.5, 0.6) is 5.75 Å². The number of carboxylic acids is 1. The van der Waals surface area contributed by atoms with Crippen molar-refractivity contribution in [3.8, 4) is 5.75 Å². The maximum absolute atomic E-state index is 10.7. The first-order valence-corrected chi connectivity index (χ1v) is 7.54. The molecule has 21 heavy (non-hydrogen) atoms. The van der Waals surface area contributed by atoms with Crippen molar-refractivity contribution < 1.29 is 19.4 Å². The molecule has 0 unspecified atom stereocenters. The molecule has 0 radical (unpaired) electrons. The summed E-state index contributed by atoms with van der Waals surface area (Å²) in [5.74, 6) is -0.251. The van der Waals surface area contributed by atoms with E-state index in [-0.39, 0.29) is 5.56 Å². The van der Waals surface area contributed by atoms with Crippen LogP contribution in [0.25, 0.3) is 0 Å². The van der Waals surface area contributed by atoms with Crippen LogP contribution in [-0.4, -0.2) is 30.4 Å². The van der Waals surface area contributed by atoms with Gasteiger partial charge in [0.15, 0.2) is 0 Å². The molecule has 0 atom stereocenters. The van der Waals surface area contributed by atoms with Gasteiger partial charge in [0, 0.05) is 0 Å². The lowest BCUT2D eigenvalue weighted by molar-refractivity contribution is -0.00732. The molecule has 1 N–H and O–H groups in total. The Morgan fingerprint density at radius 2 is 1.81 bits per heavy atom. The van der Waals surface area contributed by atoms with E-state index in [9.17, 15) is 4.79 Å². The second-order valence-corrected chi connectivity index (χ2v) is 6.41. The van der Waals surface area contributed by atoms with E-state index in [4.69, 9.17) is 14.6 Å². The molecule has 0 aliphatic heterocycles. The first-order chi connectivity index (χ1) is 9.96. The summed E-state index contributed by atoms with van der Waals surface area (Å²) in [6.07, 6.45) is 5.04. The van der Waals surface area contributed by atoms with Crippen molar-refractivity contribution in [3.05, 3.63) is 29.8 Å². The minimum absolute atomic E-state index is 0.267. The van der Waals surface area contributed by atoms with E-state index in [0.717, 1.165) is 12.8 Å². The van der Waals surface area contributed by atoms with Crippen LogP contribution in [0.4, 0.5) is 0 Å². The number of rotatable bonds is 6. The van der Waals surface area contributed by atoms with Crippen LogP contribution >= 0.6 is 0 Å². The van der Waals surface area contributed by atoms with Crippen molar-refractivity contribution in [2.75, 3.05) is 13.2 Å². The van der Waals surface area contributed by atoms with Gasteiger partial charge in [0.05, 0.1) is 18.3 Å². The maximum atomic E-state index is 10.7. The van der Waals surface area contributed by atoms with Gasteiger partial charge >= 0.3 is 5.97 Å². The second kappa shape index (κ2) is 6.94. The average molecular weight is 292 g/mol. The van der Waals surface area contributed by atoms with Gasteiger partial charge in [-0.05, 0) is 55.4 Å². The number of carbonyl (C=O) groups is 1. The van der Waals surface area contributed by atoms with Gasteiger partial charge in [-0.1, -0.05) is 13.8 Å². The third-order valence-electron chi connectivity index (χ3n) is 4.09. The molecule has 0 saturated heterocycles. The summed E-state index contributed by atoms with van der Waals surface area (Å²) in [5, 5.41) is 8.81. The Morgan fingerprint density at radius 3 is 2.38 bits per heavy atom. The molecular weight excluding hydrogens is 268 g/mol. The number of aromatic carboxylic acids is 1. The number of hydrogen-bond acceptors (Lipinski definition) is 3. The molecule has 0 heterocycles. The van der Waals surface area contributed by atoms with Crippen LogP contribution in [0, 0.1) is 5.41 Å². The fourth-order valence-corrected chi connectivity index (χ4v) is 2.61. The Kier molecular flexibility index (Phi) is 5.23. The third kappa shape index (κ3) is 5.05. The summed E-state index contributed by atoms with van der Waals surface area (Å²) in [5.41, 5.74) is 0.728. The summed E-state index contributed by atoms with van der Waals surface area (Å²) in [6.45, 7) is 5.69. The summed E-state index contributed by atoms with van der Waals surface area (Å²) in [7, 11) is 0. The number of ether oxygens (including phenoxy) is 2. The lowest BCUT2D eigenvalue weighted by Gasteiger charge is -2.34. The fraction of sp³-hybridized carbons (Fsp3) is 0.588. The lowest BCUT2D eigenvalue weighted by Crippen LogP contribution is -2.27. The predicted molar refractivity (Wildman–Crippen MR) is 80.9 cm³/mol. The van der Waals surface area contributed by atoms with Gasteiger partial charge < -0.3 is 14.6 Å². The van der Waals surface area contributed by atoms with E-state index in [1.807, 2.05) is 0 Å². The summed E-state index contributed by atoms with van der Waals surface area (Å²) < 4.78 is 11.4. The minimum atomic E-state index is -0.926. The Hall–Kier alpha value is -1.55. The van der Waals surface area contributed by atoms with Crippen molar-refractivity contribution in [3.63, 3.8) is 0 Å². The zero-order valence-corrected chi connectivity index (χ0v) is 12.8. The number of carboxylic acid groups (broad SMARTS) is 1. The molecule has 0 bridgehead atoms. The second-order valence-electron chi connectivity index (χ2n) is 6.41. The Labute approximate surface area is 126 Å². The first kappa shape index (κ1) is 15.8. The molecule has 1 aliphatic carbocycles. The molecule has 0 spiro atoms. The maximum Gasteiger partial charge on any atom is 0.335 e. The molecule has 1 aliphatic rings. The first-order valence-electron chi connectivity index (χ1n) is 7.54. The standard InChI is InChI=1S/C17H24O4/c1-17(2)9-7-15(8-10-17)21-12-11-20-14-5-3-13(4-6-14)16(18)19/h3-6,15H,7-12H2,1-2H3,(H,18,19). The predicted octanol–water partition coefficient (Wildman–Crippen LogP) is 3.75. The lowest BCUT2D eigenvalue weighted by atomic mass is 9.76. The smallest absolute Gasteiger partial charge is 0.335 e. The highest BCUT2D eigenvalue weighted by atomic mass is 16.5. The van der Waals surface area contributed by atoms with E-state index in [2.05, 4.69) is 13.8 Å². The summed E-state index contributed by atoms with van der Waals surface area (Å²) in [4.78, 5) is 10.7. The number of hydrogen-bond donors (Lipinski definition) is 1. The summed E-state index contributed by atoms with van der Waals surface area (Å²) >= 11 is 0. The van der Waals surface area contributed by atoms with E-state index in [1.165, 1.54) is 12.8 Å². The Morgan fingerprint density at radius 1 is 1.19 bits per heavy atom. The average Bonchev–Trinajstić information content (AvgIpc) is 2.45. The highest BCUT2D eigenvalue weighted by Gasteiger charge is 2.26. The quantitative estimate of drug-likeness (QED) is 0.811. The topological polar surface area (TPSA) is 55.8 Å². The van der Waals surface area contributed by atoms with E-state index in [1.54, 1.807) is 24.3 Å². The summed E-state index contributed by atoms with van der Waals surface area (Å²) in [6, 6.07) is 6.43. The zero-order chi connectivity index (χ0) is 15.3. The fourth-order valence-electron chi connectivity index (χ4n) is 2.61. The van der Waals surface area contributed by atoms with Gasteiger partial charge in [0.2, 0.25) is 0 Å². The van der Waals surface area contributed by atoms with Gasteiger partial charge in [-0.15, -0.1) is 0 Å². The van der Waals surface area contributed by atoms with Gasteiger partial charge in [-0.25, -0.2) is 4.79 Å². The molecule has 1 fully saturated rings. The molecule has 0 aromatic heterocycles.